The minimum Gasteiger partial charge on any atom is -0.274 e. The smallest absolute Gasteiger partial charge is 0.241 e. The molecule has 0 aromatic heterocycles. The van der Waals surface area contributed by atoms with E-state index >= 15 is 0 Å². The van der Waals surface area contributed by atoms with Crippen LogP contribution < -0.4 is 0 Å². The van der Waals surface area contributed by atoms with Gasteiger partial charge in [0, 0.05) is 25.8 Å². The zero-order valence-electron chi connectivity index (χ0n) is 6.86. The summed E-state index contributed by atoms with van der Waals surface area (Å²) >= 11 is 0.936. The van der Waals surface area contributed by atoms with Crippen LogP contribution in [0.4, 0.5) is 0 Å². The van der Waals surface area contributed by atoms with E-state index in [1.807, 2.05) is 0 Å². The number of β-lactam (4-membered cyclic amide) rings is 1. The summed E-state index contributed by atoms with van der Waals surface area (Å²) in [5.41, 5.74) is 0. The van der Waals surface area contributed by atoms with Crippen LogP contribution in [-0.2, 0) is 14.4 Å². The zero-order chi connectivity index (χ0) is 9.42. The molecular weight excluding hydrogens is 192 g/mol. The van der Waals surface area contributed by atoms with Crippen LogP contribution in [0, 0.1) is 0 Å². The number of carbonyl (C=O) groups is 3. The lowest BCUT2D eigenvalue weighted by molar-refractivity contribution is -0.133. The first-order valence-electron chi connectivity index (χ1n) is 4.03. The predicted molar refractivity (Wildman–Crippen MR) is 45.0 cm³/mol. The van der Waals surface area contributed by atoms with Crippen molar-refractivity contribution in [3.05, 3.63) is 0 Å². The number of rotatable bonds is 2. The summed E-state index contributed by atoms with van der Waals surface area (Å²) in [7, 11) is 0. The fourth-order valence-electron chi connectivity index (χ4n) is 1.13. The molecule has 0 aromatic carbocycles. The average molecular weight is 200 g/mol. The molecule has 6 heteroatoms. The lowest BCUT2D eigenvalue weighted by Crippen LogP contribution is -2.41. The van der Waals surface area contributed by atoms with Crippen molar-refractivity contribution >= 4 is 29.9 Å². The number of hydrogen-bond donors (Lipinski definition) is 0. The molecule has 70 valence electrons. The van der Waals surface area contributed by atoms with Crippen molar-refractivity contribution in [1.29, 1.82) is 0 Å². The Labute approximate surface area is 79.3 Å². The monoisotopic (exact) mass is 200 g/mol. The van der Waals surface area contributed by atoms with Gasteiger partial charge in [-0.05, 0) is 0 Å². The molecule has 2 fully saturated rings. The van der Waals surface area contributed by atoms with Gasteiger partial charge in [0.15, 0.2) is 0 Å². The van der Waals surface area contributed by atoms with E-state index in [0.717, 1.165) is 16.4 Å². The molecule has 0 unspecified atom stereocenters. The van der Waals surface area contributed by atoms with E-state index in [1.165, 1.54) is 4.31 Å². The van der Waals surface area contributed by atoms with Crippen LogP contribution in [0.25, 0.3) is 0 Å². The average Bonchev–Trinajstić information content (AvgIpc) is 2.41. The molecule has 0 aromatic rings. The van der Waals surface area contributed by atoms with E-state index in [4.69, 9.17) is 0 Å². The van der Waals surface area contributed by atoms with Crippen LogP contribution in [-0.4, -0.2) is 32.9 Å². The third-order valence-corrected chi connectivity index (χ3v) is 3.15. The van der Waals surface area contributed by atoms with E-state index in [0.29, 0.717) is 13.0 Å². The first kappa shape index (κ1) is 8.55. The Balaban J connectivity index is 1.96. The summed E-state index contributed by atoms with van der Waals surface area (Å²) in [6, 6.07) is 0. The highest BCUT2D eigenvalue weighted by molar-refractivity contribution is 7.96. The maximum Gasteiger partial charge on any atom is 0.241 e. The van der Waals surface area contributed by atoms with E-state index in [-0.39, 0.29) is 30.6 Å². The molecule has 5 nitrogen and oxygen atoms in total. The fourth-order valence-corrected chi connectivity index (χ4v) is 2.04. The Morgan fingerprint density at radius 1 is 0.923 bits per heavy atom. The third kappa shape index (κ3) is 1.41. The molecule has 2 heterocycles. The summed E-state index contributed by atoms with van der Waals surface area (Å²) < 4.78 is 2.51. The number of hydrogen-bond acceptors (Lipinski definition) is 4. The summed E-state index contributed by atoms with van der Waals surface area (Å²) in [4.78, 5) is 33.1. The second-order valence-corrected chi connectivity index (χ2v) is 3.88. The highest BCUT2D eigenvalue weighted by atomic mass is 32.2. The standard InChI is InChI=1S/C7H8N2O3S/c10-5-3-4-8(5)13-9-6(11)1-2-7(9)12/h1-4H2. The maximum atomic E-state index is 11.1. The topological polar surface area (TPSA) is 57.7 Å². The molecular formula is C7H8N2O3S. The molecule has 0 N–H and O–H groups in total. The lowest BCUT2D eigenvalue weighted by Gasteiger charge is -2.30. The van der Waals surface area contributed by atoms with Gasteiger partial charge in [0.25, 0.3) is 0 Å². The SMILES string of the molecule is O=C1CCN1SN1C(=O)CCC1=O. The van der Waals surface area contributed by atoms with Crippen LogP contribution in [0.2, 0.25) is 0 Å². The van der Waals surface area contributed by atoms with Crippen molar-refractivity contribution in [2.24, 2.45) is 0 Å². The second kappa shape index (κ2) is 3.02. The van der Waals surface area contributed by atoms with Gasteiger partial charge in [-0.15, -0.1) is 0 Å². The predicted octanol–water partition coefficient (Wildman–Crippen LogP) is -0.0691. The third-order valence-electron chi connectivity index (χ3n) is 1.99. The normalized spacial score (nSPS) is 22.6. The summed E-state index contributed by atoms with van der Waals surface area (Å²) in [6.45, 7) is 0.626. The van der Waals surface area contributed by atoms with Gasteiger partial charge in [-0.2, -0.15) is 0 Å². The minimum atomic E-state index is -0.199. The Morgan fingerprint density at radius 2 is 1.54 bits per heavy atom. The van der Waals surface area contributed by atoms with Crippen LogP contribution in [0.15, 0.2) is 0 Å². The highest BCUT2D eigenvalue weighted by Gasteiger charge is 2.35. The molecule has 2 aliphatic heterocycles. The number of amides is 3. The fraction of sp³-hybridized carbons (Fsp3) is 0.571. The Kier molecular flexibility index (Phi) is 1.99. The molecule has 0 bridgehead atoms. The molecule has 13 heavy (non-hydrogen) atoms. The molecule has 2 saturated heterocycles. The van der Waals surface area contributed by atoms with Gasteiger partial charge >= 0.3 is 0 Å². The van der Waals surface area contributed by atoms with Gasteiger partial charge in [0.05, 0.1) is 12.1 Å². The summed E-state index contributed by atoms with van der Waals surface area (Å²) in [6.07, 6.45) is 1.06. The second-order valence-electron chi connectivity index (χ2n) is 2.91. The number of carbonyl (C=O) groups excluding carboxylic acids is 3. The molecule has 0 saturated carbocycles. The van der Waals surface area contributed by atoms with Crippen molar-refractivity contribution in [1.82, 2.24) is 8.61 Å². The van der Waals surface area contributed by atoms with E-state index in [9.17, 15) is 14.4 Å². The van der Waals surface area contributed by atoms with Gasteiger partial charge in [-0.3, -0.25) is 18.7 Å². The van der Waals surface area contributed by atoms with Gasteiger partial charge in [0.2, 0.25) is 17.7 Å². The Bertz CT molecular complexity index is 275. The van der Waals surface area contributed by atoms with Crippen LogP contribution >= 0.6 is 12.1 Å². The van der Waals surface area contributed by atoms with Crippen LogP contribution in [0.1, 0.15) is 19.3 Å². The van der Waals surface area contributed by atoms with E-state index < -0.39 is 0 Å². The van der Waals surface area contributed by atoms with Gasteiger partial charge in [-0.25, -0.2) is 4.31 Å². The molecule has 0 atom stereocenters. The van der Waals surface area contributed by atoms with Crippen molar-refractivity contribution in [2.75, 3.05) is 6.54 Å². The quantitative estimate of drug-likeness (QED) is 0.356. The van der Waals surface area contributed by atoms with Crippen molar-refractivity contribution in [3.63, 3.8) is 0 Å². The molecule has 2 aliphatic rings. The van der Waals surface area contributed by atoms with E-state index in [1.54, 1.807) is 0 Å². The molecule has 2 rings (SSSR count). The van der Waals surface area contributed by atoms with Crippen LogP contribution in [0.5, 0.6) is 0 Å². The Hall–Kier alpha value is -1.04. The molecule has 0 aliphatic carbocycles. The zero-order valence-corrected chi connectivity index (χ0v) is 7.67. The minimum absolute atomic E-state index is 0.0162. The lowest BCUT2D eigenvalue weighted by atomic mass is 10.3. The maximum absolute atomic E-state index is 11.1. The van der Waals surface area contributed by atoms with Crippen LogP contribution in [0.3, 0.4) is 0 Å². The number of nitrogens with zero attached hydrogens (tertiary/aromatic N) is 2. The van der Waals surface area contributed by atoms with Crippen molar-refractivity contribution in [3.8, 4) is 0 Å². The summed E-state index contributed by atoms with van der Waals surface area (Å²) in [5.74, 6) is -0.415. The molecule has 0 spiro atoms. The Morgan fingerprint density at radius 3 is 1.92 bits per heavy atom. The molecule has 3 amide bonds. The van der Waals surface area contributed by atoms with E-state index in [2.05, 4.69) is 0 Å². The van der Waals surface area contributed by atoms with Gasteiger partial charge < -0.3 is 0 Å². The molecule has 0 radical (unpaired) electrons. The van der Waals surface area contributed by atoms with Gasteiger partial charge in [-0.1, -0.05) is 0 Å². The first-order valence-corrected chi connectivity index (χ1v) is 4.76. The largest absolute Gasteiger partial charge is 0.274 e. The number of imide groups is 1. The summed E-state index contributed by atoms with van der Waals surface area (Å²) in [5, 5.41) is 0. The van der Waals surface area contributed by atoms with Gasteiger partial charge in [0.1, 0.15) is 0 Å². The van der Waals surface area contributed by atoms with Crippen molar-refractivity contribution < 1.29 is 14.4 Å². The highest BCUT2D eigenvalue weighted by Crippen LogP contribution is 2.28. The van der Waals surface area contributed by atoms with Crippen molar-refractivity contribution in [2.45, 2.75) is 19.3 Å². The first-order chi connectivity index (χ1) is 6.18.